The molecule has 1 unspecified atom stereocenters. The third-order valence-corrected chi connectivity index (χ3v) is 3.37. The molecular formula is C14H19N3O4. The van der Waals surface area contributed by atoms with Crippen LogP contribution in [0.4, 0.5) is 5.69 Å². The van der Waals surface area contributed by atoms with E-state index in [2.05, 4.69) is 10.6 Å². The Kier molecular flexibility index (Phi) is 4.74. The zero-order valence-corrected chi connectivity index (χ0v) is 12.1. The van der Waals surface area contributed by atoms with Crippen LogP contribution in [-0.2, 0) is 11.3 Å². The Morgan fingerprint density at radius 1 is 1.52 bits per heavy atom. The van der Waals surface area contributed by atoms with Gasteiger partial charge in [-0.2, -0.15) is 0 Å². The molecule has 1 aliphatic rings. The van der Waals surface area contributed by atoms with Crippen molar-refractivity contribution in [1.29, 1.82) is 0 Å². The van der Waals surface area contributed by atoms with Gasteiger partial charge < -0.3 is 15.4 Å². The summed E-state index contributed by atoms with van der Waals surface area (Å²) in [6, 6.07) is 4.74. The lowest BCUT2D eigenvalue weighted by Crippen LogP contribution is -2.42. The minimum Gasteiger partial charge on any atom is -0.490 e. The highest BCUT2D eigenvalue weighted by Crippen LogP contribution is 2.27. The van der Waals surface area contributed by atoms with Crippen LogP contribution in [0.25, 0.3) is 0 Å². The Hall–Kier alpha value is -2.15. The van der Waals surface area contributed by atoms with Crippen LogP contribution < -0.4 is 15.4 Å². The first kappa shape index (κ1) is 15.2. The summed E-state index contributed by atoms with van der Waals surface area (Å²) in [7, 11) is 1.39. The minimum absolute atomic E-state index is 0.0412. The van der Waals surface area contributed by atoms with Gasteiger partial charge in [0.05, 0.1) is 18.1 Å². The summed E-state index contributed by atoms with van der Waals surface area (Å²) in [6.45, 7) is 2.15. The number of nitrogens with zero attached hydrogens (tertiary/aromatic N) is 1. The molecule has 0 spiro atoms. The van der Waals surface area contributed by atoms with Crippen LogP contribution in [0.2, 0.25) is 0 Å². The number of rotatable bonds is 7. The number of hydrogen-bond donors (Lipinski definition) is 2. The van der Waals surface area contributed by atoms with E-state index in [-0.39, 0.29) is 23.4 Å². The highest BCUT2D eigenvalue weighted by Gasteiger charge is 2.25. The molecule has 114 valence electrons. The molecule has 0 aliphatic heterocycles. The Labute approximate surface area is 122 Å². The van der Waals surface area contributed by atoms with Crippen molar-refractivity contribution in [2.45, 2.75) is 38.4 Å². The fraction of sp³-hybridized carbons (Fsp3) is 0.500. The fourth-order valence-corrected chi connectivity index (χ4v) is 1.91. The lowest BCUT2D eigenvalue weighted by atomic mass is 10.1. The molecule has 1 aliphatic carbocycles. The van der Waals surface area contributed by atoms with E-state index in [1.807, 2.05) is 0 Å². The smallest absolute Gasteiger partial charge is 0.311 e. The quantitative estimate of drug-likeness (QED) is 0.585. The van der Waals surface area contributed by atoms with Crippen LogP contribution >= 0.6 is 0 Å². The van der Waals surface area contributed by atoms with E-state index >= 15 is 0 Å². The molecular weight excluding hydrogens is 274 g/mol. The highest BCUT2D eigenvalue weighted by molar-refractivity contribution is 5.81. The van der Waals surface area contributed by atoms with E-state index in [4.69, 9.17) is 4.74 Å². The molecule has 7 nitrogen and oxygen atoms in total. The van der Waals surface area contributed by atoms with Crippen LogP contribution in [0.5, 0.6) is 5.75 Å². The van der Waals surface area contributed by atoms with Gasteiger partial charge in [0.15, 0.2) is 5.75 Å². The summed E-state index contributed by atoms with van der Waals surface area (Å²) in [5, 5.41) is 16.9. The van der Waals surface area contributed by atoms with Crippen molar-refractivity contribution in [2.24, 2.45) is 0 Å². The summed E-state index contributed by atoms with van der Waals surface area (Å²) in [4.78, 5) is 22.3. The van der Waals surface area contributed by atoms with Gasteiger partial charge in [-0.15, -0.1) is 0 Å². The lowest BCUT2D eigenvalue weighted by Gasteiger charge is -2.14. The second kappa shape index (κ2) is 6.53. The molecule has 1 fully saturated rings. The van der Waals surface area contributed by atoms with Gasteiger partial charge in [0.25, 0.3) is 0 Å². The Morgan fingerprint density at radius 3 is 2.81 bits per heavy atom. The molecule has 2 rings (SSSR count). The molecule has 0 bridgehead atoms. The normalized spacial score (nSPS) is 15.3. The van der Waals surface area contributed by atoms with Crippen LogP contribution in [0, 0.1) is 10.1 Å². The van der Waals surface area contributed by atoms with Gasteiger partial charge in [0, 0.05) is 18.7 Å². The number of nitro benzene ring substituents is 1. The number of amides is 1. The van der Waals surface area contributed by atoms with Gasteiger partial charge in [-0.25, -0.2) is 0 Å². The molecule has 1 saturated carbocycles. The van der Waals surface area contributed by atoms with E-state index in [0.717, 1.165) is 18.4 Å². The third-order valence-electron chi connectivity index (χ3n) is 3.37. The summed E-state index contributed by atoms with van der Waals surface area (Å²) in [5.41, 5.74) is 0.653. The number of hydrogen-bond acceptors (Lipinski definition) is 5. The first-order chi connectivity index (χ1) is 10.0. The monoisotopic (exact) mass is 293 g/mol. The van der Waals surface area contributed by atoms with Crippen LogP contribution in [-0.4, -0.2) is 30.0 Å². The van der Waals surface area contributed by atoms with Crippen molar-refractivity contribution in [3.8, 4) is 5.75 Å². The summed E-state index contributed by atoms with van der Waals surface area (Å²) in [6.07, 6.45) is 2.09. The SMILES string of the molecule is COc1ccc(CNC(C)C(=O)NC2CC2)cc1[N+](=O)[O-]. The third kappa shape index (κ3) is 4.16. The second-order valence-electron chi connectivity index (χ2n) is 5.15. The van der Waals surface area contributed by atoms with E-state index in [9.17, 15) is 14.9 Å². The predicted octanol–water partition coefficient (Wildman–Crippen LogP) is 1.36. The van der Waals surface area contributed by atoms with E-state index in [1.165, 1.54) is 13.2 Å². The average molecular weight is 293 g/mol. The first-order valence-electron chi connectivity index (χ1n) is 6.86. The maximum atomic E-state index is 11.8. The van der Waals surface area contributed by atoms with E-state index in [1.54, 1.807) is 19.1 Å². The number of methoxy groups -OCH3 is 1. The molecule has 2 N–H and O–H groups in total. The van der Waals surface area contributed by atoms with Crippen molar-refractivity contribution in [3.05, 3.63) is 33.9 Å². The molecule has 0 aromatic heterocycles. The second-order valence-corrected chi connectivity index (χ2v) is 5.15. The van der Waals surface area contributed by atoms with Gasteiger partial charge in [-0.1, -0.05) is 6.07 Å². The Morgan fingerprint density at radius 2 is 2.24 bits per heavy atom. The van der Waals surface area contributed by atoms with Gasteiger partial charge in [-0.05, 0) is 31.4 Å². The summed E-state index contributed by atoms with van der Waals surface area (Å²) < 4.78 is 4.95. The van der Waals surface area contributed by atoms with Crippen molar-refractivity contribution in [2.75, 3.05) is 7.11 Å². The van der Waals surface area contributed by atoms with Gasteiger partial charge in [0.2, 0.25) is 5.91 Å². The average Bonchev–Trinajstić information content (AvgIpc) is 3.28. The van der Waals surface area contributed by atoms with Crippen molar-refractivity contribution in [3.63, 3.8) is 0 Å². The zero-order valence-electron chi connectivity index (χ0n) is 12.1. The van der Waals surface area contributed by atoms with Gasteiger partial charge >= 0.3 is 5.69 Å². The predicted molar refractivity (Wildman–Crippen MR) is 77.1 cm³/mol. The maximum Gasteiger partial charge on any atom is 0.311 e. The van der Waals surface area contributed by atoms with Crippen molar-refractivity contribution < 1.29 is 14.5 Å². The number of nitrogens with one attached hydrogen (secondary N) is 2. The van der Waals surface area contributed by atoms with Crippen LogP contribution in [0.1, 0.15) is 25.3 Å². The van der Waals surface area contributed by atoms with Crippen LogP contribution in [0.15, 0.2) is 18.2 Å². The maximum absolute atomic E-state index is 11.8. The number of ether oxygens (including phenoxy) is 1. The number of carbonyl (C=O) groups excluding carboxylic acids is 1. The molecule has 7 heteroatoms. The molecule has 0 radical (unpaired) electrons. The molecule has 0 heterocycles. The topological polar surface area (TPSA) is 93.5 Å². The standard InChI is InChI=1S/C14H19N3O4/c1-9(14(18)16-11-4-5-11)15-8-10-3-6-13(21-2)12(7-10)17(19)20/h3,6-7,9,11,15H,4-5,8H2,1-2H3,(H,16,18). The van der Waals surface area contributed by atoms with Crippen molar-refractivity contribution in [1.82, 2.24) is 10.6 Å². The van der Waals surface area contributed by atoms with Crippen LogP contribution in [0.3, 0.4) is 0 Å². The zero-order chi connectivity index (χ0) is 15.4. The summed E-state index contributed by atoms with van der Waals surface area (Å²) >= 11 is 0. The van der Waals surface area contributed by atoms with E-state index in [0.29, 0.717) is 12.6 Å². The molecule has 1 amide bonds. The van der Waals surface area contributed by atoms with Gasteiger partial charge in [-0.3, -0.25) is 14.9 Å². The molecule has 1 aromatic rings. The minimum atomic E-state index is -0.481. The molecule has 1 atom stereocenters. The molecule has 21 heavy (non-hydrogen) atoms. The number of carbonyl (C=O) groups is 1. The first-order valence-corrected chi connectivity index (χ1v) is 6.86. The Balaban J connectivity index is 1.94. The fourth-order valence-electron chi connectivity index (χ4n) is 1.91. The van der Waals surface area contributed by atoms with Gasteiger partial charge in [0.1, 0.15) is 0 Å². The molecule has 0 saturated heterocycles. The largest absolute Gasteiger partial charge is 0.490 e. The Bertz CT molecular complexity index is 543. The van der Waals surface area contributed by atoms with Crippen molar-refractivity contribution >= 4 is 11.6 Å². The number of nitro groups is 1. The van der Waals surface area contributed by atoms with E-state index < -0.39 is 4.92 Å². The molecule has 1 aromatic carbocycles. The summed E-state index contributed by atoms with van der Waals surface area (Å²) in [5.74, 6) is 0.184. The lowest BCUT2D eigenvalue weighted by molar-refractivity contribution is -0.385. The number of benzene rings is 1. The highest BCUT2D eigenvalue weighted by atomic mass is 16.6.